The number of methoxy groups -OCH3 is 1. The maximum Gasteiger partial charge on any atom is 0.324 e. The molecule has 1 unspecified atom stereocenters. The number of anilines is 1. The molecule has 10 heteroatoms. The van der Waals surface area contributed by atoms with Crippen molar-refractivity contribution in [1.82, 2.24) is 4.72 Å². The first-order chi connectivity index (χ1) is 14.2. The summed E-state index contributed by atoms with van der Waals surface area (Å²) in [4.78, 5) is 23.9. The van der Waals surface area contributed by atoms with Gasteiger partial charge < -0.3 is 14.8 Å². The molecule has 30 heavy (non-hydrogen) atoms. The van der Waals surface area contributed by atoms with Gasteiger partial charge in [0.15, 0.2) is 6.61 Å². The first-order valence-electron chi connectivity index (χ1n) is 8.84. The van der Waals surface area contributed by atoms with E-state index in [1.165, 1.54) is 38.3 Å². The molecule has 2 rings (SSSR count). The number of hydrogen-bond acceptors (Lipinski definition) is 7. The molecule has 0 saturated carbocycles. The molecule has 158 valence electrons. The van der Waals surface area contributed by atoms with Crippen LogP contribution in [0.3, 0.4) is 0 Å². The second-order valence-corrected chi connectivity index (χ2v) is 7.92. The zero-order valence-corrected chi connectivity index (χ0v) is 17.2. The van der Waals surface area contributed by atoms with Crippen molar-refractivity contribution in [3.8, 4) is 11.8 Å². The second-order valence-electron chi connectivity index (χ2n) is 6.21. The fraction of sp³-hybridized carbons (Fsp3) is 0.250. The molecule has 0 aromatic heterocycles. The number of nitrogens with zero attached hydrogens (tertiary/aromatic N) is 1. The van der Waals surface area contributed by atoms with Crippen LogP contribution in [0.2, 0.25) is 0 Å². The van der Waals surface area contributed by atoms with Crippen LogP contribution in [0.25, 0.3) is 0 Å². The van der Waals surface area contributed by atoms with Gasteiger partial charge in [-0.05, 0) is 48.9 Å². The van der Waals surface area contributed by atoms with E-state index < -0.39 is 34.5 Å². The average molecular weight is 431 g/mol. The van der Waals surface area contributed by atoms with Gasteiger partial charge in [0.05, 0.1) is 24.5 Å². The number of carbonyl (C=O) groups is 2. The van der Waals surface area contributed by atoms with Crippen molar-refractivity contribution in [1.29, 1.82) is 5.26 Å². The fourth-order valence-corrected chi connectivity index (χ4v) is 3.55. The number of esters is 1. The summed E-state index contributed by atoms with van der Waals surface area (Å²) >= 11 is 0. The summed E-state index contributed by atoms with van der Waals surface area (Å²) in [5.41, 5.74) is 1.28. The second kappa shape index (κ2) is 10.4. The minimum absolute atomic E-state index is 0.0412. The molecule has 2 aromatic carbocycles. The van der Waals surface area contributed by atoms with Gasteiger partial charge in [0.25, 0.3) is 5.91 Å². The van der Waals surface area contributed by atoms with Crippen LogP contribution in [0.15, 0.2) is 53.4 Å². The molecule has 1 amide bonds. The summed E-state index contributed by atoms with van der Waals surface area (Å²) in [5.74, 6) is -0.986. The number of hydrogen-bond donors (Lipinski definition) is 2. The predicted octanol–water partition coefficient (Wildman–Crippen LogP) is 1.61. The Balaban J connectivity index is 1.85. The molecule has 9 nitrogen and oxygen atoms in total. The van der Waals surface area contributed by atoms with Gasteiger partial charge in [-0.2, -0.15) is 9.98 Å². The van der Waals surface area contributed by atoms with Gasteiger partial charge in [-0.15, -0.1) is 0 Å². The van der Waals surface area contributed by atoms with Crippen molar-refractivity contribution in [2.45, 2.75) is 24.3 Å². The molecule has 0 aliphatic heterocycles. The Hall–Kier alpha value is -3.42. The van der Waals surface area contributed by atoms with Crippen LogP contribution in [0.4, 0.5) is 5.69 Å². The van der Waals surface area contributed by atoms with Crippen LogP contribution in [-0.4, -0.2) is 40.1 Å². The van der Waals surface area contributed by atoms with E-state index in [9.17, 15) is 18.0 Å². The number of rotatable bonds is 9. The van der Waals surface area contributed by atoms with Crippen molar-refractivity contribution in [2.24, 2.45) is 0 Å². The molecule has 0 spiro atoms. The lowest BCUT2D eigenvalue weighted by molar-refractivity contribution is -0.148. The van der Waals surface area contributed by atoms with Crippen LogP contribution in [0, 0.1) is 11.3 Å². The number of amides is 1. The van der Waals surface area contributed by atoms with Crippen LogP contribution >= 0.6 is 0 Å². The molecule has 2 N–H and O–H groups in total. The van der Waals surface area contributed by atoms with Crippen molar-refractivity contribution in [3.05, 3.63) is 54.1 Å². The number of nitriles is 1. The van der Waals surface area contributed by atoms with Gasteiger partial charge in [-0.3, -0.25) is 9.59 Å². The third kappa shape index (κ3) is 6.58. The minimum atomic E-state index is -3.96. The van der Waals surface area contributed by atoms with E-state index in [2.05, 4.69) is 10.0 Å². The van der Waals surface area contributed by atoms with Gasteiger partial charge in [0.1, 0.15) is 11.8 Å². The van der Waals surface area contributed by atoms with E-state index in [-0.39, 0.29) is 11.3 Å². The molecular weight excluding hydrogens is 410 g/mol. The first-order valence-corrected chi connectivity index (χ1v) is 10.3. The predicted molar refractivity (Wildman–Crippen MR) is 108 cm³/mol. The highest BCUT2D eigenvalue weighted by atomic mass is 32.2. The highest BCUT2D eigenvalue weighted by molar-refractivity contribution is 7.89. The van der Waals surface area contributed by atoms with Crippen molar-refractivity contribution < 1.29 is 27.5 Å². The van der Waals surface area contributed by atoms with Crippen LogP contribution in [0.1, 0.15) is 12.5 Å². The van der Waals surface area contributed by atoms with E-state index in [0.717, 1.165) is 5.56 Å². The first kappa shape index (κ1) is 22.9. The van der Waals surface area contributed by atoms with Crippen molar-refractivity contribution in [2.75, 3.05) is 19.0 Å². The van der Waals surface area contributed by atoms with E-state index in [1.807, 2.05) is 6.07 Å². The smallest absolute Gasteiger partial charge is 0.324 e. The maximum absolute atomic E-state index is 12.3. The van der Waals surface area contributed by atoms with E-state index in [4.69, 9.17) is 14.7 Å². The summed E-state index contributed by atoms with van der Waals surface area (Å²) in [7, 11) is -2.50. The number of sulfonamides is 1. The Labute approximate surface area is 174 Å². The fourth-order valence-electron chi connectivity index (χ4n) is 2.36. The Bertz CT molecular complexity index is 1030. The zero-order valence-electron chi connectivity index (χ0n) is 16.4. The highest BCUT2D eigenvalue weighted by Gasteiger charge is 2.23. The third-order valence-corrected chi connectivity index (χ3v) is 5.48. The van der Waals surface area contributed by atoms with Gasteiger partial charge in [-0.1, -0.05) is 12.1 Å². The number of nitrogens with one attached hydrogen (secondary N) is 2. The SMILES string of the molecule is COc1ccc(S(=O)(=O)NC(C)C(=O)OCC(=O)Nc2ccc(CC#N)cc2)cc1. The summed E-state index contributed by atoms with van der Waals surface area (Å²) in [6.07, 6.45) is 0.260. The molecule has 0 saturated heterocycles. The lowest BCUT2D eigenvalue weighted by Crippen LogP contribution is -2.40. The summed E-state index contributed by atoms with van der Waals surface area (Å²) in [6.45, 7) is 0.739. The summed E-state index contributed by atoms with van der Waals surface area (Å²) in [5, 5.41) is 11.2. The normalized spacial score (nSPS) is 11.8. The quantitative estimate of drug-likeness (QED) is 0.576. The molecule has 0 heterocycles. The lowest BCUT2D eigenvalue weighted by Gasteiger charge is -2.14. The van der Waals surface area contributed by atoms with E-state index in [1.54, 1.807) is 24.3 Å². The molecule has 0 aliphatic rings. The molecule has 0 radical (unpaired) electrons. The summed E-state index contributed by atoms with van der Waals surface area (Å²) in [6, 6.07) is 13.1. The van der Waals surface area contributed by atoms with Crippen molar-refractivity contribution >= 4 is 27.6 Å². The third-order valence-electron chi connectivity index (χ3n) is 3.92. The van der Waals surface area contributed by atoms with Crippen molar-refractivity contribution in [3.63, 3.8) is 0 Å². The topological polar surface area (TPSA) is 135 Å². The molecule has 2 aromatic rings. The molecule has 0 bridgehead atoms. The molecule has 0 fully saturated rings. The number of carbonyl (C=O) groups excluding carboxylic acids is 2. The lowest BCUT2D eigenvalue weighted by atomic mass is 10.1. The van der Waals surface area contributed by atoms with Crippen LogP contribution in [-0.2, 0) is 30.8 Å². The Kier molecular flexibility index (Phi) is 7.91. The number of ether oxygens (including phenoxy) is 2. The van der Waals surface area contributed by atoms with E-state index in [0.29, 0.717) is 11.4 Å². The average Bonchev–Trinajstić information content (AvgIpc) is 2.73. The van der Waals surface area contributed by atoms with Crippen LogP contribution in [0.5, 0.6) is 5.75 Å². The van der Waals surface area contributed by atoms with Gasteiger partial charge in [0.2, 0.25) is 10.0 Å². The Morgan fingerprint density at radius 2 is 1.73 bits per heavy atom. The summed E-state index contributed by atoms with van der Waals surface area (Å²) < 4.78 is 36.7. The maximum atomic E-state index is 12.3. The van der Waals surface area contributed by atoms with Crippen LogP contribution < -0.4 is 14.8 Å². The van der Waals surface area contributed by atoms with Gasteiger partial charge in [0, 0.05) is 5.69 Å². The standard InChI is InChI=1S/C20H21N3O6S/c1-14(23-30(26,27)18-9-7-17(28-2)8-10-18)20(25)29-13-19(24)22-16-5-3-15(4-6-16)11-12-21/h3-10,14,23H,11,13H2,1-2H3,(H,22,24). The molecule has 1 atom stereocenters. The largest absolute Gasteiger partial charge is 0.497 e. The van der Waals surface area contributed by atoms with Gasteiger partial charge in [-0.25, -0.2) is 8.42 Å². The Morgan fingerprint density at radius 1 is 1.10 bits per heavy atom. The van der Waals surface area contributed by atoms with E-state index >= 15 is 0 Å². The zero-order chi connectivity index (χ0) is 22.1. The molecule has 0 aliphatic carbocycles. The Morgan fingerprint density at radius 3 is 2.30 bits per heavy atom. The minimum Gasteiger partial charge on any atom is -0.497 e. The highest BCUT2D eigenvalue weighted by Crippen LogP contribution is 2.16. The molecular formula is C20H21N3O6S. The number of benzene rings is 2. The van der Waals surface area contributed by atoms with Gasteiger partial charge >= 0.3 is 5.97 Å². The monoisotopic (exact) mass is 431 g/mol.